The van der Waals surface area contributed by atoms with Gasteiger partial charge in [0.05, 0.1) is 0 Å². The molecule has 19 heavy (non-hydrogen) atoms. The first-order valence-electron chi connectivity index (χ1n) is 6.54. The predicted octanol–water partition coefficient (Wildman–Crippen LogP) is 3.55. The molecule has 1 rings (SSSR count). The van der Waals surface area contributed by atoms with Crippen molar-refractivity contribution in [1.82, 2.24) is 5.32 Å². The zero-order valence-corrected chi connectivity index (χ0v) is 12.6. The van der Waals surface area contributed by atoms with Crippen LogP contribution in [-0.2, 0) is 16.1 Å². The highest BCUT2D eigenvalue weighted by Crippen LogP contribution is 2.14. The number of benzene rings is 1. The summed E-state index contributed by atoms with van der Waals surface area (Å²) in [6.07, 6.45) is 1.20. The maximum Gasteiger partial charge on any atom is 0.306 e. The van der Waals surface area contributed by atoms with Gasteiger partial charge in [0.1, 0.15) is 5.60 Å². The molecule has 3 nitrogen and oxygen atoms in total. The average molecular weight is 284 g/mol. The lowest BCUT2D eigenvalue weighted by Crippen LogP contribution is -2.24. The SMILES string of the molecule is CC(C)(C)OC(=O)CCCNCc1ccccc1Cl. The minimum atomic E-state index is -0.401. The Kier molecular flexibility index (Phi) is 6.32. The van der Waals surface area contributed by atoms with Crippen LogP contribution in [-0.4, -0.2) is 18.1 Å². The number of nitrogens with one attached hydrogen (secondary N) is 1. The Hall–Kier alpha value is -1.06. The van der Waals surface area contributed by atoms with Gasteiger partial charge in [-0.1, -0.05) is 29.8 Å². The number of hydrogen-bond donors (Lipinski definition) is 1. The molecular formula is C15H22ClNO2. The van der Waals surface area contributed by atoms with Gasteiger partial charge in [-0.3, -0.25) is 4.79 Å². The summed E-state index contributed by atoms with van der Waals surface area (Å²) in [5, 5.41) is 4.03. The van der Waals surface area contributed by atoms with Crippen LogP contribution in [0.2, 0.25) is 5.02 Å². The molecule has 1 aromatic carbocycles. The smallest absolute Gasteiger partial charge is 0.306 e. The van der Waals surface area contributed by atoms with Crippen molar-refractivity contribution in [2.75, 3.05) is 6.54 Å². The second-order valence-electron chi connectivity index (χ2n) is 5.46. The van der Waals surface area contributed by atoms with Crippen molar-refractivity contribution in [3.8, 4) is 0 Å². The van der Waals surface area contributed by atoms with E-state index in [0.717, 1.165) is 23.6 Å². The number of hydrogen-bond acceptors (Lipinski definition) is 3. The van der Waals surface area contributed by atoms with E-state index in [-0.39, 0.29) is 5.97 Å². The van der Waals surface area contributed by atoms with Gasteiger partial charge in [-0.2, -0.15) is 0 Å². The summed E-state index contributed by atoms with van der Waals surface area (Å²) in [6, 6.07) is 7.74. The van der Waals surface area contributed by atoms with E-state index in [9.17, 15) is 4.79 Å². The van der Waals surface area contributed by atoms with Gasteiger partial charge >= 0.3 is 5.97 Å². The van der Waals surface area contributed by atoms with Crippen LogP contribution in [0, 0.1) is 0 Å². The first-order chi connectivity index (χ1) is 8.88. The molecule has 0 unspecified atom stereocenters. The van der Waals surface area contributed by atoms with Gasteiger partial charge in [0.2, 0.25) is 0 Å². The van der Waals surface area contributed by atoms with Gasteiger partial charge in [0, 0.05) is 18.0 Å². The van der Waals surface area contributed by atoms with Crippen molar-refractivity contribution in [3.05, 3.63) is 34.9 Å². The van der Waals surface area contributed by atoms with E-state index in [0.29, 0.717) is 13.0 Å². The van der Waals surface area contributed by atoms with Crippen LogP contribution in [0.4, 0.5) is 0 Å². The van der Waals surface area contributed by atoms with Crippen LogP contribution < -0.4 is 5.32 Å². The number of ether oxygens (including phenoxy) is 1. The number of carbonyl (C=O) groups is 1. The molecule has 0 fully saturated rings. The Bertz CT molecular complexity index is 413. The summed E-state index contributed by atoms with van der Waals surface area (Å²) in [7, 11) is 0. The van der Waals surface area contributed by atoms with Gasteiger partial charge < -0.3 is 10.1 Å². The highest BCUT2D eigenvalue weighted by Gasteiger charge is 2.15. The van der Waals surface area contributed by atoms with E-state index in [1.807, 2.05) is 45.0 Å². The van der Waals surface area contributed by atoms with Crippen LogP contribution in [0.25, 0.3) is 0 Å². The van der Waals surface area contributed by atoms with Gasteiger partial charge in [-0.15, -0.1) is 0 Å². The van der Waals surface area contributed by atoms with E-state index >= 15 is 0 Å². The highest BCUT2D eigenvalue weighted by atomic mass is 35.5. The topological polar surface area (TPSA) is 38.3 Å². The standard InChI is InChI=1S/C15H22ClNO2/c1-15(2,3)19-14(18)9-6-10-17-11-12-7-4-5-8-13(12)16/h4-5,7-8,17H,6,9-11H2,1-3H3. The van der Waals surface area contributed by atoms with Crippen molar-refractivity contribution in [2.45, 2.75) is 45.8 Å². The molecule has 0 amide bonds. The Balaban J connectivity index is 2.15. The molecule has 0 aliphatic rings. The number of rotatable bonds is 6. The molecule has 0 atom stereocenters. The van der Waals surface area contributed by atoms with E-state index in [1.165, 1.54) is 0 Å². The van der Waals surface area contributed by atoms with E-state index in [2.05, 4.69) is 5.32 Å². The third kappa shape index (κ3) is 7.19. The largest absolute Gasteiger partial charge is 0.460 e. The molecule has 0 saturated heterocycles. The molecule has 0 aliphatic carbocycles. The molecule has 0 saturated carbocycles. The van der Waals surface area contributed by atoms with Crippen LogP contribution in [0.1, 0.15) is 39.2 Å². The van der Waals surface area contributed by atoms with Gasteiger partial charge in [-0.25, -0.2) is 0 Å². The quantitative estimate of drug-likeness (QED) is 0.641. The first-order valence-corrected chi connectivity index (χ1v) is 6.92. The maximum atomic E-state index is 11.5. The maximum absolute atomic E-state index is 11.5. The van der Waals surface area contributed by atoms with Crippen LogP contribution in [0.5, 0.6) is 0 Å². The summed E-state index contributed by atoms with van der Waals surface area (Å²) in [5.41, 5.74) is 0.670. The zero-order chi connectivity index (χ0) is 14.3. The molecule has 0 heterocycles. The lowest BCUT2D eigenvalue weighted by atomic mass is 10.2. The van der Waals surface area contributed by atoms with Gasteiger partial charge in [0.25, 0.3) is 0 Å². The Labute approximate surface area is 120 Å². The summed E-state index contributed by atoms with van der Waals surface area (Å²) < 4.78 is 5.23. The summed E-state index contributed by atoms with van der Waals surface area (Å²) in [5.74, 6) is -0.146. The number of esters is 1. The molecule has 1 aromatic rings. The van der Waals surface area contributed by atoms with Gasteiger partial charge in [0.15, 0.2) is 0 Å². The molecule has 0 aliphatic heterocycles. The molecule has 0 aromatic heterocycles. The average Bonchev–Trinajstić information content (AvgIpc) is 2.28. The first kappa shape index (κ1) is 16.0. The van der Waals surface area contributed by atoms with E-state index in [1.54, 1.807) is 0 Å². The molecule has 106 valence electrons. The Morgan fingerprint density at radius 1 is 1.32 bits per heavy atom. The van der Waals surface area contributed by atoms with Crippen LogP contribution in [0.15, 0.2) is 24.3 Å². The van der Waals surface area contributed by atoms with E-state index < -0.39 is 5.60 Å². The van der Waals surface area contributed by atoms with Gasteiger partial charge in [-0.05, 0) is 45.4 Å². The molecule has 1 N–H and O–H groups in total. The van der Waals surface area contributed by atoms with Crippen molar-refractivity contribution in [3.63, 3.8) is 0 Å². The lowest BCUT2D eigenvalue weighted by Gasteiger charge is -2.19. The van der Waals surface area contributed by atoms with Crippen molar-refractivity contribution in [2.24, 2.45) is 0 Å². The Morgan fingerprint density at radius 2 is 2.00 bits per heavy atom. The van der Waals surface area contributed by atoms with Crippen LogP contribution >= 0.6 is 11.6 Å². The number of carbonyl (C=O) groups excluding carboxylic acids is 1. The second-order valence-corrected chi connectivity index (χ2v) is 5.87. The van der Waals surface area contributed by atoms with Crippen molar-refractivity contribution < 1.29 is 9.53 Å². The second kappa shape index (κ2) is 7.51. The highest BCUT2D eigenvalue weighted by molar-refractivity contribution is 6.31. The predicted molar refractivity (Wildman–Crippen MR) is 78.2 cm³/mol. The Morgan fingerprint density at radius 3 is 2.63 bits per heavy atom. The molecule has 0 spiro atoms. The number of halogens is 1. The molecule has 0 bridgehead atoms. The van der Waals surface area contributed by atoms with Crippen molar-refractivity contribution in [1.29, 1.82) is 0 Å². The van der Waals surface area contributed by atoms with Crippen molar-refractivity contribution >= 4 is 17.6 Å². The fourth-order valence-electron chi connectivity index (χ4n) is 1.62. The molecule has 4 heteroatoms. The summed E-state index contributed by atoms with van der Waals surface area (Å²) >= 11 is 6.05. The fraction of sp³-hybridized carbons (Fsp3) is 0.533. The lowest BCUT2D eigenvalue weighted by molar-refractivity contribution is -0.154. The molecule has 0 radical (unpaired) electrons. The fourth-order valence-corrected chi connectivity index (χ4v) is 1.82. The normalized spacial score (nSPS) is 11.4. The molecular weight excluding hydrogens is 262 g/mol. The third-order valence-corrected chi connectivity index (χ3v) is 2.80. The third-order valence-electron chi connectivity index (χ3n) is 2.43. The van der Waals surface area contributed by atoms with Crippen LogP contribution in [0.3, 0.4) is 0 Å². The summed E-state index contributed by atoms with van der Waals surface area (Å²) in [6.45, 7) is 7.11. The minimum absolute atomic E-state index is 0.146. The zero-order valence-electron chi connectivity index (χ0n) is 11.8. The monoisotopic (exact) mass is 283 g/mol. The summed E-state index contributed by atoms with van der Waals surface area (Å²) in [4.78, 5) is 11.5. The minimum Gasteiger partial charge on any atom is -0.460 e. The van der Waals surface area contributed by atoms with E-state index in [4.69, 9.17) is 16.3 Å².